The van der Waals surface area contributed by atoms with Crippen LogP contribution in [0, 0.1) is 5.92 Å². The molecule has 0 radical (unpaired) electrons. The second-order valence-electron chi connectivity index (χ2n) is 5.97. The molecule has 0 spiro atoms. The van der Waals surface area contributed by atoms with Crippen molar-refractivity contribution in [2.75, 3.05) is 13.1 Å². The maximum atomic E-state index is 3.69. The fourth-order valence-electron chi connectivity index (χ4n) is 2.91. The van der Waals surface area contributed by atoms with Crippen molar-refractivity contribution in [3.05, 3.63) is 22.4 Å². The monoisotopic (exact) mass is 266 g/mol. The minimum absolute atomic E-state index is 0.553. The predicted octanol–water partition coefficient (Wildman–Crippen LogP) is 3.52. The molecule has 2 heterocycles. The minimum Gasteiger partial charge on any atom is -0.311 e. The average molecular weight is 266 g/mol. The molecule has 2 rings (SSSR count). The fraction of sp³-hybridized carbons (Fsp3) is 0.733. The number of hydrogen-bond acceptors (Lipinski definition) is 3. The van der Waals surface area contributed by atoms with Crippen LogP contribution in [0.2, 0.25) is 0 Å². The SMILES string of the molecule is CC(C)CC1CN(C(C)c2cccs2)C(C)CN1. The van der Waals surface area contributed by atoms with Gasteiger partial charge in [0, 0.05) is 36.1 Å². The van der Waals surface area contributed by atoms with Gasteiger partial charge in [0.05, 0.1) is 0 Å². The molecular weight excluding hydrogens is 240 g/mol. The highest BCUT2D eigenvalue weighted by molar-refractivity contribution is 7.10. The van der Waals surface area contributed by atoms with Crippen molar-refractivity contribution in [3.8, 4) is 0 Å². The summed E-state index contributed by atoms with van der Waals surface area (Å²) in [6.07, 6.45) is 1.28. The van der Waals surface area contributed by atoms with Gasteiger partial charge >= 0.3 is 0 Å². The average Bonchev–Trinajstić information content (AvgIpc) is 2.83. The lowest BCUT2D eigenvalue weighted by molar-refractivity contribution is 0.0938. The first-order valence-electron chi connectivity index (χ1n) is 7.10. The Labute approximate surface area is 115 Å². The number of hydrogen-bond donors (Lipinski definition) is 1. The Morgan fingerprint density at radius 1 is 1.44 bits per heavy atom. The van der Waals surface area contributed by atoms with E-state index in [1.54, 1.807) is 0 Å². The molecule has 1 saturated heterocycles. The Morgan fingerprint density at radius 2 is 2.22 bits per heavy atom. The van der Waals surface area contributed by atoms with Crippen LogP contribution in [0.4, 0.5) is 0 Å². The Kier molecular flexibility index (Phi) is 4.82. The quantitative estimate of drug-likeness (QED) is 0.897. The van der Waals surface area contributed by atoms with Crippen molar-refractivity contribution >= 4 is 11.3 Å². The maximum Gasteiger partial charge on any atom is 0.0417 e. The van der Waals surface area contributed by atoms with Crippen molar-refractivity contribution in [3.63, 3.8) is 0 Å². The summed E-state index contributed by atoms with van der Waals surface area (Å²) >= 11 is 1.88. The van der Waals surface area contributed by atoms with Crippen LogP contribution in [-0.2, 0) is 0 Å². The summed E-state index contributed by atoms with van der Waals surface area (Å²) in [5.74, 6) is 0.773. The molecule has 0 aromatic carbocycles. The zero-order chi connectivity index (χ0) is 13.1. The number of nitrogens with one attached hydrogen (secondary N) is 1. The largest absolute Gasteiger partial charge is 0.311 e. The lowest BCUT2D eigenvalue weighted by Gasteiger charge is -2.42. The van der Waals surface area contributed by atoms with Gasteiger partial charge in [0.2, 0.25) is 0 Å². The lowest BCUT2D eigenvalue weighted by atomic mass is 9.99. The molecule has 1 aliphatic heterocycles. The second kappa shape index (κ2) is 6.18. The maximum absolute atomic E-state index is 3.69. The van der Waals surface area contributed by atoms with Crippen LogP contribution in [0.3, 0.4) is 0 Å². The van der Waals surface area contributed by atoms with Gasteiger partial charge in [0.15, 0.2) is 0 Å². The molecule has 3 unspecified atom stereocenters. The Bertz CT molecular complexity index is 347. The van der Waals surface area contributed by atoms with Crippen molar-refractivity contribution in [2.24, 2.45) is 5.92 Å². The zero-order valence-corrected chi connectivity index (χ0v) is 12.8. The molecule has 1 aliphatic rings. The standard InChI is InChI=1S/C15H26N2S/c1-11(2)8-14-10-17(12(3)9-16-14)13(4)15-6-5-7-18-15/h5-7,11-14,16H,8-10H2,1-4H3. The number of nitrogens with zero attached hydrogens (tertiary/aromatic N) is 1. The highest BCUT2D eigenvalue weighted by Crippen LogP contribution is 2.28. The van der Waals surface area contributed by atoms with Crippen LogP contribution in [0.5, 0.6) is 0 Å². The van der Waals surface area contributed by atoms with Gasteiger partial charge in [-0.2, -0.15) is 0 Å². The van der Waals surface area contributed by atoms with E-state index in [9.17, 15) is 0 Å². The van der Waals surface area contributed by atoms with Gasteiger partial charge in [0.25, 0.3) is 0 Å². The van der Waals surface area contributed by atoms with Gasteiger partial charge < -0.3 is 5.32 Å². The molecule has 3 atom stereocenters. The van der Waals surface area contributed by atoms with Crippen molar-refractivity contribution in [1.82, 2.24) is 10.2 Å². The summed E-state index contributed by atoms with van der Waals surface area (Å²) in [6.45, 7) is 11.6. The van der Waals surface area contributed by atoms with Crippen molar-refractivity contribution in [2.45, 2.75) is 52.2 Å². The molecule has 1 aromatic heterocycles. The van der Waals surface area contributed by atoms with Gasteiger partial charge in [0.1, 0.15) is 0 Å². The molecule has 2 nitrogen and oxygen atoms in total. The van der Waals surface area contributed by atoms with Gasteiger partial charge in [-0.1, -0.05) is 19.9 Å². The fourth-order valence-corrected chi connectivity index (χ4v) is 3.72. The molecule has 1 N–H and O–H groups in total. The molecule has 1 aromatic rings. The molecule has 3 heteroatoms. The molecule has 18 heavy (non-hydrogen) atoms. The predicted molar refractivity (Wildman–Crippen MR) is 80.1 cm³/mol. The Balaban J connectivity index is 2.01. The lowest BCUT2D eigenvalue weighted by Crippen LogP contribution is -2.56. The summed E-state index contributed by atoms with van der Waals surface area (Å²) in [7, 11) is 0. The zero-order valence-electron chi connectivity index (χ0n) is 12.0. The van der Waals surface area contributed by atoms with Crippen molar-refractivity contribution < 1.29 is 0 Å². The third-order valence-corrected chi connectivity index (χ3v) is 4.95. The van der Waals surface area contributed by atoms with Gasteiger partial charge in [-0.15, -0.1) is 11.3 Å². The number of thiophene rings is 1. The molecular formula is C15H26N2S. The highest BCUT2D eigenvalue weighted by atomic mass is 32.1. The van der Waals surface area contributed by atoms with Crippen LogP contribution in [-0.4, -0.2) is 30.1 Å². The van der Waals surface area contributed by atoms with Crippen LogP contribution in [0.15, 0.2) is 17.5 Å². The van der Waals surface area contributed by atoms with Crippen LogP contribution in [0.25, 0.3) is 0 Å². The van der Waals surface area contributed by atoms with E-state index in [1.165, 1.54) is 17.8 Å². The van der Waals surface area contributed by atoms with Gasteiger partial charge in [-0.05, 0) is 37.6 Å². The summed E-state index contributed by atoms with van der Waals surface area (Å²) < 4.78 is 0. The summed E-state index contributed by atoms with van der Waals surface area (Å²) in [4.78, 5) is 4.15. The molecule has 102 valence electrons. The Morgan fingerprint density at radius 3 is 2.83 bits per heavy atom. The van der Waals surface area contributed by atoms with Gasteiger partial charge in [-0.25, -0.2) is 0 Å². The van der Waals surface area contributed by atoms with E-state index in [0.717, 1.165) is 12.5 Å². The first-order chi connectivity index (χ1) is 8.58. The second-order valence-corrected chi connectivity index (χ2v) is 6.95. The first-order valence-corrected chi connectivity index (χ1v) is 7.98. The summed E-state index contributed by atoms with van der Waals surface area (Å²) in [5, 5.41) is 5.88. The molecule has 0 amide bonds. The van der Waals surface area contributed by atoms with Crippen LogP contribution in [0.1, 0.15) is 45.0 Å². The number of piperazine rings is 1. The van der Waals surface area contributed by atoms with E-state index in [0.29, 0.717) is 18.1 Å². The van der Waals surface area contributed by atoms with Gasteiger partial charge in [-0.3, -0.25) is 4.90 Å². The first kappa shape index (κ1) is 14.0. The molecule has 0 bridgehead atoms. The topological polar surface area (TPSA) is 15.3 Å². The van der Waals surface area contributed by atoms with E-state index in [4.69, 9.17) is 0 Å². The Hall–Kier alpha value is -0.380. The summed E-state index contributed by atoms with van der Waals surface area (Å²) in [5.41, 5.74) is 0. The van der Waals surface area contributed by atoms with E-state index in [-0.39, 0.29) is 0 Å². The molecule has 0 saturated carbocycles. The van der Waals surface area contributed by atoms with E-state index in [1.807, 2.05) is 11.3 Å². The minimum atomic E-state index is 0.553. The third kappa shape index (κ3) is 3.34. The van der Waals surface area contributed by atoms with Crippen molar-refractivity contribution in [1.29, 1.82) is 0 Å². The number of rotatable bonds is 4. The smallest absolute Gasteiger partial charge is 0.0417 e. The summed E-state index contributed by atoms with van der Waals surface area (Å²) in [6, 6.07) is 6.27. The van der Waals surface area contributed by atoms with Crippen LogP contribution < -0.4 is 5.32 Å². The van der Waals surface area contributed by atoms with E-state index in [2.05, 4.69) is 55.4 Å². The highest BCUT2D eigenvalue weighted by Gasteiger charge is 2.29. The third-order valence-electron chi connectivity index (χ3n) is 3.91. The molecule has 1 fully saturated rings. The van der Waals surface area contributed by atoms with Crippen LogP contribution >= 0.6 is 11.3 Å². The normalized spacial score (nSPS) is 27.6. The van der Waals surface area contributed by atoms with E-state index < -0.39 is 0 Å². The van der Waals surface area contributed by atoms with E-state index >= 15 is 0 Å². The molecule has 0 aliphatic carbocycles.